The molecule has 0 radical (unpaired) electrons. The third kappa shape index (κ3) is 5.04. The lowest BCUT2D eigenvalue weighted by atomic mass is 9.97. The van der Waals surface area contributed by atoms with Crippen molar-refractivity contribution in [3.63, 3.8) is 0 Å². The number of hydrogen-bond donors (Lipinski definition) is 0. The zero-order chi connectivity index (χ0) is 23.3. The van der Waals surface area contributed by atoms with E-state index in [1.165, 1.54) is 26.4 Å². The number of methoxy groups -OCH3 is 2. The first kappa shape index (κ1) is 23.6. The van der Waals surface area contributed by atoms with Crippen LogP contribution in [-0.4, -0.2) is 59.0 Å². The van der Waals surface area contributed by atoms with Crippen molar-refractivity contribution in [3.05, 3.63) is 54.1 Å². The Morgan fingerprint density at radius 3 is 2.31 bits per heavy atom. The fourth-order valence-electron chi connectivity index (χ4n) is 3.77. The SMILES string of the molecule is COC(=O)C1CCN(C(=O)CN(c2cc(C)ccc2OC)S(=O)(=O)c2ccccc2)CC1. The summed E-state index contributed by atoms with van der Waals surface area (Å²) in [4.78, 5) is 26.6. The molecule has 32 heavy (non-hydrogen) atoms. The largest absolute Gasteiger partial charge is 0.495 e. The minimum absolute atomic E-state index is 0.0840. The monoisotopic (exact) mass is 460 g/mol. The Hall–Kier alpha value is -3.07. The molecule has 0 aromatic heterocycles. The predicted octanol–water partition coefficient (Wildman–Crippen LogP) is 2.61. The highest BCUT2D eigenvalue weighted by Gasteiger charge is 2.33. The van der Waals surface area contributed by atoms with E-state index in [9.17, 15) is 18.0 Å². The summed E-state index contributed by atoms with van der Waals surface area (Å²) in [6, 6.07) is 13.2. The molecule has 0 unspecified atom stereocenters. The van der Waals surface area contributed by atoms with Crippen LogP contribution in [0.4, 0.5) is 5.69 Å². The fraction of sp³-hybridized carbons (Fsp3) is 0.391. The lowest BCUT2D eigenvalue weighted by Crippen LogP contribution is -2.46. The van der Waals surface area contributed by atoms with Gasteiger partial charge in [-0.2, -0.15) is 0 Å². The molecule has 8 nitrogen and oxygen atoms in total. The van der Waals surface area contributed by atoms with E-state index in [2.05, 4.69) is 0 Å². The minimum Gasteiger partial charge on any atom is -0.495 e. The molecule has 0 N–H and O–H groups in total. The molecule has 1 amide bonds. The van der Waals surface area contributed by atoms with E-state index < -0.39 is 10.0 Å². The Balaban J connectivity index is 1.92. The van der Waals surface area contributed by atoms with E-state index in [-0.39, 0.29) is 29.2 Å². The number of aryl methyl sites for hydroxylation is 1. The van der Waals surface area contributed by atoms with Gasteiger partial charge in [-0.15, -0.1) is 0 Å². The van der Waals surface area contributed by atoms with Gasteiger partial charge in [-0.3, -0.25) is 13.9 Å². The molecule has 172 valence electrons. The van der Waals surface area contributed by atoms with Gasteiger partial charge >= 0.3 is 5.97 Å². The van der Waals surface area contributed by atoms with Gasteiger partial charge in [-0.1, -0.05) is 24.3 Å². The molecule has 0 bridgehead atoms. The average Bonchev–Trinajstić information content (AvgIpc) is 2.82. The molecule has 1 heterocycles. The molecule has 0 aliphatic carbocycles. The quantitative estimate of drug-likeness (QED) is 0.590. The smallest absolute Gasteiger partial charge is 0.308 e. The molecule has 9 heteroatoms. The van der Waals surface area contributed by atoms with Gasteiger partial charge in [0.1, 0.15) is 12.3 Å². The van der Waals surface area contributed by atoms with Crippen LogP contribution in [0.1, 0.15) is 18.4 Å². The highest BCUT2D eigenvalue weighted by Crippen LogP contribution is 2.33. The second kappa shape index (κ2) is 10.0. The number of benzene rings is 2. The second-order valence-electron chi connectivity index (χ2n) is 7.68. The molecule has 1 aliphatic heterocycles. The maximum absolute atomic E-state index is 13.5. The Kier molecular flexibility index (Phi) is 7.40. The van der Waals surface area contributed by atoms with Gasteiger partial charge in [0, 0.05) is 13.1 Å². The zero-order valence-electron chi connectivity index (χ0n) is 18.5. The van der Waals surface area contributed by atoms with Gasteiger partial charge in [0.2, 0.25) is 5.91 Å². The summed E-state index contributed by atoms with van der Waals surface area (Å²) in [5.74, 6) is -0.511. The van der Waals surface area contributed by atoms with Crippen molar-refractivity contribution in [2.75, 3.05) is 38.2 Å². The van der Waals surface area contributed by atoms with Crippen LogP contribution in [0.25, 0.3) is 0 Å². The number of nitrogens with zero attached hydrogens (tertiary/aromatic N) is 2. The van der Waals surface area contributed by atoms with Gasteiger partial charge in [0.15, 0.2) is 0 Å². The molecule has 2 aromatic carbocycles. The number of likely N-dealkylation sites (tertiary alicyclic amines) is 1. The van der Waals surface area contributed by atoms with E-state index >= 15 is 0 Å². The second-order valence-corrected chi connectivity index (χ2v) is 9.54. The van der Waals surface area contributed by atoms with Crippen LogP contribution in [-0.2, 0) is 24.3 Å². The van der Waals surface area contributed by atoms with Crippen LogP contribution in [0.15, 0.2) is 53.4 Å². The Labute approximate surface area is 188 Å². The Morgan fingerprint density at radius 1 is 1.06 bits per heavy atom. The molecule has 1 fully saturated rings. The standard InChI is InChI=1S/C23H28N2O6S/c1-17-9-10-21(30-2)20(15-17)25(32(28,29)19-7-5-4-6-8-19)16-22(26)24-13-11-18(12-14-24)23(27)31-3/h4-10,15,18H,11-14,16H2,1-3H3. The van der Waals surface area contributed by atoms with Gasteiger partial charge < -0.3 is 14.4 Å². The number of esters is 1. The van der Waals surface area contributed by atoms with Crippen molar-refractivity contribution in [1.82, 2.24) is 4.90 Å². The lowest BCUT2D eigenvalue weighted by Gasteiger charge is -2.33. The molecular formula is C23H28N2O6S. The molecule has 0 saturated carbocycles. The number of hydrogen-bond acceptors (Lipinski definition) is 6. The van der Waals surface area contributed by atoms with E-state index in [1.807, 2.05) is 13.0 Å². The third-order valence-corrected chi connectivity index (χ3v) is 7.37. The first-order chi connectivity index (χ1) is 15.3. The molecular weight excluding hydrogens is 432 g/mol. The number of carbonyl (C=O) groups excluding carboxylic acids is 2. The molecule has 3 rings (SSSR count). The van der Waals surface area contributed by atoms with Crippen LogP contribution in [0.5, 0.6) is 5.75 Å². The maximum Gasteiger partial charge on any atom is 0.308 e. The Bertz CT molecular complexity index is 1060. The highest BCUT2D eigenvalue weighted by atomic mass is 32.2. The molecule has 0 atom stereocenters. The van der Waals surface area contributed by atoms with Crippen molar-refractivity contribution in [2.45, 2.75) is 24.7 Å². The highest BCUT2D eigenvalue weighted by molar-refractivity contribution is 7.92. The summed E-state index contributed by atoms with van der Waals surface area (Å²) in [5.41, 5.74) is 1.13. The molecule has 0 spiro atoms. The molecule has 2 aromatic rings. The number of amides is 1. The summed E-state index contributed by atoms with van der Waals surface area (Å²) in [6.45, 7) is 2.20. The van der Waals surface area contributed by atoms with Crippen LogP contribution in [0, 0.1) is 12.8 Å². The van der Waals surface area contributed by atoms with E-state index in [0.29, 0.717) is 37.4 Å². The Morgan fingerprint density at radius 2 is 1.72 bits per heavy atom. The first-order valence-corrected chi connectivity index (χ1v) is 11.8. The first-order valence-electron chi connectivity index (χ1n) is 10.4. The van der Waals surface area contributed by atoms with Crippen molar-refractivity contribution in [2.24, 2.45) is 5.92 Å². The van der Waals surface area contributed by atoms with Crippen LogP contribution >= 0.6 is 0 Å². The summed E-state index contributed by atoms with van der Waals surface area (Å²) >= 11 is 0. The number of rotatable bonds is 7. The normalized spacial score (nSPS) is 14.7. The summed E-state index contributed by atoms with van der Waals surface area (Å²) in [5, 5.41) is 0. The van der Waals surface area contributed by atoms with Crippen molar-refractivity contribution < 1.29 is 27.5 Å². The van der Waals surface area contributed by atoms with Gasteiger partial charge in [-0.05, 0) is 49.6 Å². The van der Waals surface area contributed by atoms with Crippen molar-refractivity contribution in [1.29, 1.82) is 0 Å². The van der Waals surface area contributed by atoms with Crippen LogP contribution in [0.2, 0.25) is 0 Å². The lowest BCUT2D eigenvalue weighted by molar-refractivity contribution is -0.148. The van der Waals surface area contributed by atoms with Crippen LogP contribution < -0.4 is 9.04 Å². The topological polar surface area (TPSA) is 93.2 Å². The third-order valence-electron chi connectivity index (χ3n) is 5.60. The number of sulfonamides is 1. The number of carbonyl (C=O) groups is 2. The fourth-order valence-corrected chi connectivity index (χ4v) is 5.21. The summed E-state index contributed by atoms with van der Waals surface area (Å²) < 4.78 is 38.4. The van der Waals surface area contributed by atoms with Gasteiger partial charge in [0.25, 0.3) is 10.0 Å². The van der Waals surface area contributed by atoms with E-state index in [0.717, 1.165) is 9.87 Å². The predicted molar refractivity (Wildman–Crippen MR) is 120 cm³/mol. The number of piperidine rings is 1. The molecule has 1 aliphatic rings. The van der Waals surface area contributed by atoms with Crippen molar-refractivity contribution in [3.8, 4) is 5.75 Å². The summed E-state index contributed by atoms with van der Waals surface area (Å²) in [7, 11) is -1.23. The van der Waals surface area contributed by atoms with Crippen LogP contribution in [0.3, 0.4) is 0 Å². The van der Waals surface area contributed by atoms with Gasteiger partial charge in [0.05, 0.1) is 30.7 Å². The maximum atomic E-state index is 13.5. The van der Waals surface area contributed by atoms with Crippen molar-refractivity contribution >= 4 is 27.6 Å². The average molecular weight is 461 g/mol. The van der Waals surface area contributed by atoms with E-state index in [4.69, 9.17) is 9.47 Å². The number of ether oxygens (including phenoxy) is 2. The zero-order valence-corrected chi connectivity index (χ0v) is 19.3. The summed E-state index contributed by atoms with van der Waals surface area (Å²) in [6.07, 6.45) is 0.967. The molecule has 1 saturated heterocycles. The number of anilines is 1. The van der Waals surface area contributed by atoms with E-state index in [1.54, 1.807) is 35.2 Å². The minimum atomic E-state index is -4.03. The van der Waals surface area contributed by atoms with Gasteiger partial charge in [-0.25, -0.2) is 8.42 Å².